The number of aromatic nitrogens is 1. The highest BCUT2D eigenvalue weighted by molar-refractivity contribution is 7.90. The van der Waals surface area contributed by atoms with Crippen molar-refractivity contribution in [2.75, 3.05) is 0 Å². The monoisotopic (exact) mass is 368 g/mol. The van der Waals surface area contributed by atoms with Crippen LogP contribution < -0.4 is 4.72 Å². The number of fused-ring (bicyclic) bond motifs is 1. The fraction of sp³-hybridized carbons (Fsp3) is 0.588. The maximum Gasteiger partial charge on any atom is 0.214 e. The summed E-state index contributed by atoms with van der Waals surface area (Å²) in [6.07, 6.45) is 3.88. The van der Waals surface area contributed by atoms with E-state index in [4.69, 9.17) is 16.0 Å². The van der Waals surface area contributed by atoms with Crippen molar-refractivity contribution in [3.8, 4) is 0 Å². The molecule has 2 aliphatic rings. The number of hydrogen-bond donors (Lipinski definition) is 1. The van der Waals surface area contributed by atoms with Crippen molar-refractivity contribution in [1.82, 2.24) is 9.71 Å². The van der Waals surface area contributed by atoms with Gasteiger partial charge in [0.1, 0.15) is 5.52 Å². The zero-order valence-electron chi connectivity index (χ0n) is 13.8. The van der Waals surface area contributed by atoms with E-state index < -0.39 is 10.0 Å². The van der Waals surface area contributed by atoms with Gasteiger partial charge in [-0.3, -0.25) is 0 Å². The topological polar surface area (TPSA) is 72.2 Å². The second-order valence-electron chi connectivity index (χ2n) is 7.59. The third kappa shape index (κ3) is 2.74. The van der Waals surface area contributed by atoms with E-state index in [1.165, 1.54) is 0 Å². The fourth-order valence-corrected chi connectivity index (χ4v) is 5.09. The molecule has 2 aliphatic carbocycles. The van der Waals surface area contributed by atoms with Crippen LogP contribution >= 0.6 is 11.6 Å². The molecule has 0 atom stereocenters. The van der Waals surface area contributed by atoms with Gasteiger partial charge in [-0.25, -0.2) is 18.1 Å². The van der Waals surface area contributed by atoms with Crippen molar-refractivity contribution < 1.29 is 12.8 Å². The van der Waals surface area contributed by atoms with Gasteiger partial charge in [-0.1, -0.05) is 11.6 Å². The zero-order valence-corrected chi connectivity index (χ0v) is 15.3. The molecular formula is C17H21ClN2O3S. The summed E-state index contributed by atoms with van der Waals surface area (Å²) < 4.78 is 32.5. The number of sulfonamides is 1. The van der Waals surface area contributed by atoms with Crippen molar-refractivity contribution in [3.05, 3.63) is 29.1 Å². The molecule has 0 aliphatic heterocycles. The fourth-order valence-electron chi connectivity index (χ4n) is 4.02. The lowest BCUT2D eigenvalue weighted by Crippen LogP contribution is -2.56. The molecule has 1 N–H and O–H groups in total. The van der Waals surface area contributed by atoms with Gasteiger partial charge in [-0.2, -0.15) is 0 Å². The van der Waals surface area contributed by atoms with Gasteiger partial charge < -0.3 is 4.42 Å². The normalized spacial score (nSPS) is 29.8. The summed E-state index contributed by atoms with van der Waals surface area (Å²) in [5.41, 5.74) is 1.84. The van der Waals surface area contributed by atoms with Crippen molar-refractivity contribution >= 4 is 32.7 Å². The smallest absolute Gasteiger partial charge is 0.214 e. The van der Waals surface area contributed by atoms with Crippen LogP contribution in [0.3, 0.4) is 0 Å². The summed E-state index contributed by atoms with van der Waals surface area (Å²) >= 11 is 5.99. The van der Waals surface area contributed by atoms with Gasteiger partial charge in [0.2, 0.25) is 10.0 Å². The molecule has 4 rings (SSSR count). The Hall–Kier alpha value is -1.11. The minimum Gasteiger partial charge on any atom is -0.440 e. The van der Waals surface area contributed by atoms with E-state index >= 15 is 0 Å². The summed E-state index contributed by atoms with van der Waals surface area (Å²) in [6, 6.07) is 5.56. The van der Waals surface area contributed by atoms with Gasteiger partial charge in [-0.15, -0.1) is 0 Å². The summed E-state index contributed by atoms with van der Waals surface area (Å²) in [4.78, 5) is 4.56. The number of nitrogens with zero attached hydrogens (tertiary/aromatic N) is 1. The highest BCUT2D eigenvalue weighted by atomic mass is 35.5. The Bertz CT molecular complexity index is 876. The summed E-state index contributed by atoms with van der Waals surface area (Å²) in [5.74, 6) is 1.11. The largest absolute Gasteiger partial charge is 0.440 e. The average Bonchev–Trinajstić information content (AvgIpc) is 2.81. The van der Waals surface area contributed by atoms with Crippen LogP contribution in [0.15, 0.2) is 22.6 Å². The van der Waals surface area contributed by atoms with Crippen molar-refractivity contribution in [2.24, 2.45) is 5.41 Å². The van der Waals surface area contributed by atoms with E-state index in [1.54, 1.807) is 19.9 Å². The van der Waals surface area contributed by atoms with E-state index in [0.717, 1.165) is 42.7 Å². The molecule has 5 nitrogen and oxygen atoms in total. The third-order valence-corrected chi connectivity index (χ3v) is 7.52. The van der Waals surface area contributed by atoms with E-state index in [1.807, 2.05) is 12.1 Å². The Morgan fingerprint density at radius 2 is 2.00 bits per heavy atom. The number of nitrogens with one attached hydrogen (secondary N) is 1. The van der Waals surface area contributed by atoms with Crippen LogP contribution in [0, 0.1) is 5.41 Å². The Morgan fingerprint density at radius 1 is 1.29 bits per heavy atom. The van der Waals surface area contributed by atoms with Crippen LogP contribution in [0.25, 0.3) is 11.1 Å². The van der Waals surface area contributed by atoms with Gasteiger partial charge in [-0.05, 0) is 63.1 Å². The molecule has 1 aromatic carbocycles. The zero-order chi connectivity index (χ0) is 17.1. The van der Waals surface area contributed by atoms with Crippen molar-refractivity contribution in [2.45, 2.75) is 56.7 Å². The molecular weight excluding hydrogens is 348 g/mol. The molecule has 0 amide bonds. The van der Waals surface area contributed by atoms with Gasteiger partial charge in [0.05, 0.1) is 5.25 Å². The van der Waals surface area contributed by atoms with E-state index in [0.29, 0.717) is 10.9 Å². The second-order valence-corrected chi connectivity index (χ2v) is 10.3. The molecule has 1 spiro atoms. The van der Waals surface area contributed by atoms with Crippen LogP contribution in [-0.2, 0) is 10.0 Å². The Kier molecular flexibility index (Phi) is 3.71. The molecule has 0 bridgehead atoms. The molecule has 2 saturated carbocycles. The molecule has 0 saturated heterocycles. The third-order valence-electron chi connectivity index (χ3n) is 5.38. The average molecular weight is 369 g/mol. The number of rotatable bonds is 4. The second kappa shape index (κ2) is 5.44. The standard InChI is InChI=1S/C17H21ClN2O3S/c1-10(2)24(21,22)20-13-8-17(9-13)6-11(7-17)16-19-14-5-12(18)3-4-15(14)23-16/h3-5,10-11,13,20H,6-9H2,1-2H3. The van der Waals surface area contributed by atoms with Crippen LogP contribution in [-0.4, -0.2) is 24.7 Å². The minimum absolute atomic E-state index is 0.0841. The first kappa shape index (κ1) is 16.4. The number of halogens is 1. The lowest BCUT2D eigenvalue weighted by Gasteiger charge is -2.57. The highest BCUT2D eigenvalue weighted by Gasteiger charge is 2.55. The quantitative estimate of drug-likeness (QED) is 0.890. The van der Waals surface area contributed by atoms with Crippen molar-refractivity contribution in [3.63, 3.8) is 0 Å². The summed E-state index contributed by atoms with van der Waals surface area (Å²) in [6.45, 7) is 3.41. The minimum atomic E-state index is -3.17. The maximum absolute atomic E-state index is 11.9. The van der Waals surface area contributed by atoms with Gasteiger partial charge in [0, 0.05) is 17.0 Å². The van der Waals surface area contributed by atoms with Crippen LogP contribution in [0.1, 0.15) is 51.3 Å². The highest BCUT2D eigenvalue weighted by Crippen LogP contribution is 2.62. The predicted molar refractivity (Wildman–Crippen MR) is 93.6 cm³/mol. The molecule has 130 valence electrons. The molecule has 0 unspecified atom stereocenters. The first-order valence-corrected chi connectivity index (χ1v) is 10.3. The van der Waals surface area contributed by atoms with E-state index in [2.05, 4.69) is 9.71 Å². The van der Waals surface area contributed by atoms with Gasteiger partial charge >= 0.3 is 0 Å². The summed E-state index contributed by atoms with van der Waals surface area (Å²) in [5, 5.41) is 0.279. The number of hydrogen-bond acceptors (Lipinski definition) is 4. The van der Waals surface area contributed by atoms with Crippen molar-refractivity contribution in [1.29, 1.82) is 0 Å². The number of oxazole rings is 1. The Balaban J connectivity index is 1.37. The van der Waals surface area contributed by atoms with Gasteiger partial charge in [0.15, 0.2) is 11.5 Å². The summed E-state index contributed by atoms with van der Waals surface area (Å²) in [7, 11) is -3.17. The lowest BCUT2D eigenvalue weighted by molar-refractivity contribution is -0.0206. The molecule has 1 aromatic heterocycles. The van der Waals surface area contributed by atoms with Crippen LogP contribution in [0.5, 0.6) is 0 Å². The Morgan fingerprint density at radius 3 is 2.67 bits per heavy atom. The lowest BCUT2D eigenvalue weighted by atomic mass is 9.50. The van der Waals surface area contributed by atoms with Gasteiger partial charge in [0.25, 0.3) is 0 Å². The van der Waals surface area contributed by atoms with E-state index in [-0.39, 0.29) is 16.7 Å². The predicted octanol–water partition coefficient (Wildman–Crippen LogP) is 3.84. The number of benzene rings is 1. The SMILES string of the molecule is CC(C)S(=O)(=O)NC1CC2(C1)CC(c1nc3cc(Cl)ccc3o1)C2. The van der Waals surface area contributed by atoms with Crippen LogP contribution in [0.4, 0.5) is 0 Å². The molecule has 0 radical (unpaired) electrons. The Labute approximate surface area is 146 Å². The molecule has 1 heterocycles. The molecule has 7 heteroatoms. The molecule has 24 heavy (non-hydrogen) atoms. The molecule has 2 fully saturated rings. The maximum atomic E-state index is 11.9. The van der Waals surface area contributed by atoms with Crippen LogP contribution in [0.2, 0.25) is 5.02 Å². The molecule has 2 aromatic rings. The first-order chi connectivity index (χ1) is 11.3. The first-order valence-electron chi connectivity index (χ1n) is 8.33. The van der Waals surface area contributed by atoms with E-state index in [9.17, 15) is 8.42 Å².